The zero-order valence-corrected chi connectivity index (χ0v) is 12.6. The molecule has 1 aliphatic rings. The Hall–Kier alpha value is -2.40. The van der Waals surface area contributed by atoms with Crippen molar-refractivity contribution in [2.45, 2.75) is 18.9 Å². The standard InChI is InChI=1S/C17H14N2O2S/c1-2-13(11-18-7-1)16-5-3-12-10-14(4-6-15(12)21-16)20-17-19-8-9-22-17/h1-2,4,6-11,16H,3,5H2. The second kappa shape index (κ2) is 5.77. The summed E-state index contributed by atoms with van der Waals surface area (Å²) >= 11 is 1.48. The lowest BCUT2D eigenvalue weighted by atomic mass is 9.98. The minimum absolute atomic E-state index is 0.0759. The number of aromatic nitrogens is 2. The molecule has 2 aromatic heterocycles. The Morgan fingerprint density at radius 2 is 2.23 bits per heavy atom. The summed E-state index contributed by atoms with van der Waals surface area (Å²) < 4.78 is 11.8. The third-order valence-corrected chi connectivity index (χ3v) is 4.30. The normalized spacial score (nSPS) is 16.6. The highest BCUT2D eigenvalue weighted by Crippen LogP contribution is 2.37. The molecule has 22 heavy (non-hydrogen) atoms. The first-order chi connectivity index (χ1) is 10.9. The zero-order valence-electron chi connectivity index (χ0n) is 11.8. The number of pyridine rings is 1. The van der Waals surface area contributed by atoms with Gasteiger partial charge in [0.05, 0.1) is 0 Å². The molecule has 1 aliphatic heterocycles. The number of hydrogen-bond donors (Lipinski definition) is 0. The van der Waals surface area contributed by atoms with Crippen molar-refractivity contribution in [1.29, 1.82) is 0 Å². The van der Waals surface area contributed by atoms with Crippen LogP contribution in [-0.4, -0.2) is 9.97 Å². The Morgan fingerprint density at radius 3 is 3.05 bits per heavy atom. The highest BCUT2D eigenvalue weighted by Gasteiger charge is 2.22. The lowest BCUT2D eigenvalue weighted by molar-refractivity contribution is 0.176. The molecular weight excluding hydrogens is 296 g/mol. The second-order valence-electron chi connectivity index (χ2n) is 5.10. The fraction of sp³-hybridized carbons (Fsp3) is 0.176. The van der Waals surface area contributed by atoms with E-state index in [1.165, 1.54) is 16.9 Å². The number of benzene rings is 1. The zero-order chi connectivity index (χ0) is 14.8. The predicted octanol–water partition coefficient (Wildman–Crippen LogP) is 4.40. The van der Waals surface area contributed by atoms with Gasteiger partial charge in [-0.25, -0.2) is 4.98 Å². The molecule has 0 spiro atoms. The summed E-state index contributed by atoms with van der Waals surface area (Å²) in [5.41, 5.74) is 2.30. The van der Waals surface area contributed by atoms with Gasteiger partial charge in [0, 0.05) is 29.5 Å². The van der Waals surface area contributed by atoms with Crippen LogP contribution in [0.25, 0.3) is 0 Å². The number of thiazole rings is 1. The molecule has 4 nitrogen and oxygen atoms in total. The van der Waals surface area contributed by atoms with Gasteiger partial charge in [-0.3, -0.25) is 4.98 Å². The van der Waals surface area contributed by atoms with E-state index in [-0.39, 0.29) is 6.10 Å². The first kappa shape index (κ1) is 13.3. The summed E-state index contributed by atoms with van der Waals surface area (Å²) in [5.74, 6) is 1.73. The van der Waals surface area contributed by atoms with Crippen molar-refractivity contribution in [3.05, 3.63) is 65.4 Å². The maximum Gasteiger partial charge on any atom is 0.278 e. The van der Waals surface area contributed by atoms with E-state index in [4.69, 9.17) is 9.47 Å². The lowest BCUT2D eigenvalue weighted by Gasteiger charge is -2.26. The molecule has 1 atom stereocenters. The minimum atomic E-state index is 0.0759. The van der Waals surface area contributed by atoms with Gasteiger partial charge in [-0.05, 0) is 42.7 Å². The molecule has 0 fully saturated rings. The predicted molar refractivity (Wildman–Crippen MR) is 84.6 cm³/mol. The van der Waals surface area contributed by atoms with Gasteiger partial charge in [-0.2, -0.15) is 0 Å². The lowest BCUT2D eigenvalue weighted by Crippen LogP contribution is -2.15. The molecule has 0 amide bonds. The van der Waals surface area contributed by atoms with Crippen LogP contribution in [0.4, 0.5) is 0 Å². The summed E-state index contributed by atoms with van der Waals surface area (Å²) in [5, 5.41) is 2.56. The van der Waals surface area contributed by atoms with Crippen molar-refractivity contribution in [2.75, 3.05) is 0 Å². The Balaban J connectivity index is 1.54. The molecular formula is C17H14N2O2S. The second-order valence-corrected chi connectivity index (χ2v) is 5.96. The molecule has 0 radical (unpaired) electrons. The van der Waals surface area contributed by atoms with Gasteiger partial charge in [-0.1, -0.05) is 17.4 Å². The van der Waals surface area contributed by atoms with Crippen LogP contribution in [0.2, 0.25) is 0 Å². The van der Waals surface area contributed by atoms with Crippen LogP contribution < -0.4 is 9.47 Å². The number of nitrogens with zero attached hydrogens (tertiary/aromatic N) is 2. The molecule has 0 bridgehead atoms. The van der Waals surface area contributed by atoms with Crippen LogP contribution in [0.1, 0.15) is 23.7 Å². The van der Waals surface area contributed by atoms with Gasteiger partial charge in [0.1, 0.15) is 17.6 Å². The molecule has 1 unspecified atom stereocenters. The van der Waals surface area contributed by atoms with Gasteiger partial charge in [0.2, 0.25) is 0 Å². The van der Waals surface area contributed by atoms with Crippen LogP contribution >= 0.6 is 11.3 Å². The topological polar surface area (TPSA) is 44.2 Å². The van der Waals surface area contributed by atoms with Crippen molar-refractivity contribution in [3.8, 4) is 16.7 Å². The maximum absolute atomic E-state index is 6.10. The summed E-state index contributed by atoms with van der Waals surface area (Å²) in [4.78, 5) is 8.30. The van der Waals surface area contributed by atoms with Gasteiger partial charge in [-0.15, -0.1) is 0 Å². The molecule has 5 heteroatoms. The van der Waals surface area contributed by atoms with Gasteiger partial charge in [0.25, 0.3) is 5.19 Å². The molecule has 1 aromatic carbocycles. The monoisotopic (exact) mass is 310 g/mol. The van der Waals surface area contributed by atoms with E-state index >= 15 is 0 Å². The molecule has 0 saturated heterocycles. The van der Waals surface area contributed by atoms with Gasteiger partial charge >= 0.3 is 0 Å². The van der Waals surface area contributed by atoms with Crippen molar-refractivity contribution in [3.63, 3.8) is 0 Å². The highest BCUT2D eigenvalue weighted by atomic mass is 32.1. The average molecular weight is 310 g/mol. The van der Waals surface area contributed by atoms with Crippen LogP contribution in [0.15, 0.2) is 54.3 Å². The van der Waals surface area contributed by atoms with E-state index in [9.17, 15) is 0 Å². The largest absolute Gasteiger partial charge is 0.485 e. The number of hydrogen-bond acceptors (Lipinski definition) is 5. The van der Waals surface area contributed by atoms with Gasteiger partial charge < -0.3 is 9.47 Å². The average Bonchev–Trinajstić information content (AvgIpc) is 3.08. The first-order valence-electron chi connectivity index (χ1n) is 7.15. The number of ether oxygens (including phenoxy) is 2. The van der Waals surface area contributed by atoms with E-state index in [0.29, 0.717) is 5.19 Å². The first-order valence-corrected chi connectivity index (χ1v) is 8.03. The quantitative estimate of drug-likeness (QED) is 0.719. The number of fused-ring (bicyclic) bond motifs is 1. The number of aryl methyl sites for hydroxylation is 1. The summed E-state index contributed by atoms with van der Waals surface area (Å²) in [6, 6.07) is 9.94. The Kier molecular flexibility index (Phi) is 3.48. The molecule has 4 rings (SSSR count). The summed E-state index contributed by atoms with van der Waals surface area (Å²) in [7, 11) is 0. The number of rotatable bonds is 3. The Bertz CT molecular complexity index is 760. The third-order valence-electron chi connectivity index (χ3n) is 3.65. The SMILES string of the molecule is c1cncc(C2CCc3cc(Oc4nccs4)ccc3O2)c1. The van der Waals surface area contributed by atoms with Crippen molar-refractivity contribution in [2.24, 2.45) is 0 Å². The van der Waals surface area contributed by atoms with Crippen LogP contribution in [0, 0.1) is 0 Å². The molecule has 0 N–H and O–H groups in total. The highest BCUT2D eigenvalue weighted by molar-refractivity contribution is 7.11. The van der Waals surface area contributed by atoms with E-state index < -0.39 is 0 Å². The smallest absolute Gasteiger partial charge is 0.278 e. The fourth-order valence-corrected chi connectivity index (χ4v) is 3.10. The summed E-state index contributed by atoms with van der Waals surface area (Å²) in [6.45, 7) is 0. The van der Waals surface area contributed by atoms with E-state index in [1.807, 2.05) is 35.8 Å². The summed E-state index contributed by atoms with van der Waals surface area (Å²) in [6.07, 6.45) is 7.37. The Labute approximate surface area is 132 Å². The molecule has 110 valence electrons. The van der Waals surface area contributed by atoms with Crippen LogP contribution in [0.5, 0.6) is 16.7 Å². The fourth-order valence-electron chi connectivity index (χ4n) is 2.59. The van der Waals surface area contributed by atoms with E-state index in [0.717, 1.165) is 29.9 Å². The van der Waals surface area contributed by atoms with Crippen molar-refractivity contribution < 1.29 is 9.47 Å². The van der Waals surface area contributed by atoms with Crippen LogP contribution in [0.3, 0.4) is 0 Å². The molecule has 3 aromatic rings. The maximum atomic E-state index is 6.10. The minimum Gasteiger partial charge on any atom is -0.485 e. The Morgan fingerprint density at radius 1 is 1.23 bits per heavy atom. The molecule has 0 saturated carbocycles. The van der Waals surface area contributed by atoms with Crippen molar-refractivity contribution in [1.82, 2.24) is 9.97 Å². The van der Waals surface area contributed by atoms with Crippen LogP contribution in [-0.2, 0) is 6.42 Å². The third kappa shape index (κ3) is 2.67. The van der Waals surface area contributed by atoms with E-state index in [2.05, 4.69) is 16.0 Å². The molecule has 3 heterocycles. The van der Waals surface area contributed by atoms with E-state index in [1.54, 1.807) is 12.4 Å². The molecule has 0 aliphatic carbocycles. The van der Waals surface area contributed by atoms with Gasteiger partial charge in [0.15, 0.2) is 0 Å². The van der Waals surface area contributed by atoms with Crippen molar-refractivity contribution >= 4 is 11.3 Å².